The fourth-order valence-corrected chi connectivity index (χ4v) is 2.62. The van der Waals surface area contributed by atoms with E-state index in [0.29, 0.717) is 11.2 Å². The fraction of sp³-hybridized carbons (Fsp3) is 0.200. The van der Waals surface area contributed by atoms with E-state index in [1.54, 1.807) is 19.2 Å². The Morgan fingerprint density at radius 3 is 2.50 bits per heavy atom. The molecule has 7 nitrogen and oxygen atoms in total. The van der Waals surface area contributed by atoms with Gasteiger partial charge in [-0.05, 0) is 43.2 Å². The lowest BCUT2D eigenvalue weighted by Gasteiger charge is -2.08. The minimum atomic E-state index is -0.580. The Balaban J connectivity index is 1.59. The SMILES string of the molecule is Cc1ccc2ncc(C(=O)NCCNC(=O)c3ccc(C)c(F)c3)c(=O)n2c1. The molecule has 0 bridgehead atoms. The zero-order valence-electron chi connectivity index (χ0n) is 15.5. The van der Waals surface area contributed by atoms with E-state index in [1.807, 2.05) is 13.0 Å². The van der Waals surface area contributed by atoms with Gasteiger partial charge in [0.2, 0.25) is 0 Å². The molecule has 8 heteroatoms. The molecule has 2 heterocycles. The van der Waals surface area contributed by atoms with Crippen LogP contribution in [0.3, 0.4) is 0 Å². The number of hydrogen-bond acceptors (Lipinski definition) is 4. The molecule has 2 amide bonds. The highest BCUT2D eigenvalue weighted by Gasteiger charge is 2.13. The largest absolute Gasteiger partial charge is 0.350 e. The summed E-state index contributed by atoms with van der Waals surface area (Å²) in [6.07, 6.45) is 2.85. The van der Waals surface area contributed by atoms with Crippen LogP contribution in [0.1, 0.15) is 31.8 Å². The van der Waals surface area contributed by atoms with Crippen molar-refractivity contribution >= 4 is 17.5 Å². The van der Waals surface area contributed by atoms with Gasteiger partial charge >= 0.3 is 0 Å². The molecule has 1 aromatic carbocycles. The quantitative estimate of drug-likeness (QED) is 0.656. The van der Waals surface area contributed by atoms with Crippen LogP contribution in [0, 0.1) is 19.7 Å². The number of rotatable bonds is 5. The topological polar surface area (TPSA) is 92.6 Å². The average molecular weight is 382 g/mol. The van der Waals surface area contributed by atoms with Gasteiger partial charge in [-0.15, -0.1) is 0 Å². The lowest BCUT2D eigenvalue weighted by atomic mass is 10.1. The first-order chi connectivity index (χ1) is 13.4. The molecule has 0 radical (unpaired) electrons. The predicted octanol–water partition coefficient (Wildman–Crippen LogP) is 1.61. The molecule has 2 N–H and O–H groups in total. The monoisotopic (exact) mass is 382 g/mol. The van der Waals surface area contributed by atoms with Crippen LogP contribution >= 0.6 is 0 Å². The van der Waals surface area contributed by atoms with Crippen molar-refractivity contribution in [1.29, 1.82) is 0 Å². The smallest absolute Gasteiger partial charge is 0.270 e. The number of aryl methyl sites for hydroxylation is 2. The molecule has 3 aromatic rings. The highest BCUT2D eigenvalue weighted by molar-refractivity contribution is 5.95. The van der Waals surface area contributed by atoms with Gasteiger partial charge in [-0.3, -0.25) is 18.8 Å². The number of nitrogens with zero attached hydrogens (tertiary/aromatic N) is 2. The normalized spacial score (nSPS) is 10.7. The van der Waals surface area contributed by atoms with Crippen molar-refractivity contribution < 1.29 is 14.0 Å². The van der Waals surface area contributed by atoms with Crippen LogP contribution in [0.2, 0.25) is 0 Å². The number of nitrogens with one attached hydrogen (secondary N) is 2. The number of carbonyl (C=O) groups is 2. The molecule has 0 aliphatic carbocycles. The van der Waals surface area contributed by atoms with Crippen molar-refractivity contribution in [3.8, 4) is 0 Å². The van der Waals surface area contributed by atoms with Gasteiger partial charge in [-0.25, -0.2) is 9.37 Å². The Labute approximate surface area is 160 Å². The third-order valence-corrected chi connectivity index (χ3v) is 4.22. The molecule has 0 spiro atoms. The number of halogens is 1. The number of hydrogen-bond donors (Lipinski definition) is 2. The van der Waals surface area contributed by atoms with E-state index in [2.05, 4.69) is 15.6 Å². The molecule has 0 atom stereocenters. The van der Waals surface area contributed by atoms with Gasteiger partial charge in [0.25, 0.3) is 17.4 Å². The summed E-state index contributed by atoms with van der Waals surface area (Å²) in [6.45, 7) is 3.68. The summed E-state index contributed by atoms with van der Waals surface area (Å²) in [5.41, 5.74) is 1.41. The molecule has 2 aromatic heterocycles. The summed E-state index contributed by atoms with van der Waals surface area (Å²) in [4.78, 5) is 40.8. The fourth-order valence-electron chi connectivity index (χ4n) is 2.62. The lowest BCUT2D eigenvalue weighted by molar-refractivity contribution is 0.0926. The second kappa shape index (κ2) is 7.99. The van der Waals surface area contributed by atoms with Gasteiger partial charge in [-0.1, -0.05) is 12.1 Å². The molecule has 28 heavy (non-hydrogen) atoms. The van der Waals surface area contributed by atoms with Crippen molar-refractivity contribution in [3.05, 3.63) is 81.2 Å². The van der Waals surface area contributed by atoms with Gasteiger partial charge in [0, 0.05) is 31.0 Å². The number of carbonyl (C=O) groups excluding carboxylic acids is 2. The van der Waals surface area contributed by atoms with Crippen LogP contribution in [0.5, 0.6) is 0 Å². The number of amides is 2. The number of benzene rings is 1. The minimum Gasteiger partial charge on any atom is -0.350 e. The summed E-state index contributed by atoms with van der Waals surface area (Å²) in [6, 6.07) is 7.72. The molecular weight excluding hydrogens is 363 g/mol. The Kier molecular flexibility index (Phi) is 5.49. The van der Waals surface area contributed by atoms with Crippen molar-refractivity contribution in [1.82, 2.24) is 20.0 Å². The van der Waals surface area contributed by atoms with Crippen LogP contribution < -0.4 is 16.2 Å². The predicted molar refractivity (Wildman–Crippen MR) is 102 cm³/mol. The molecule has 0 saturated carbocycles. The first kappa shape index (κ1) is 19.2. The summed E-state index contributed by atoms with van der Waals surface area (Å²) in [5.74, 6) is -1.49. The zero-order valence-corrected chi connectivity index (χ0v) is 15.5. The van der Waals surface area contributed by atoms with Gasteiger partial charge in [0.05, 0.1) is 0 Å². The van der Waals surface area contributed by atoms with Crippen LogP contribution in [0.15, 0.2) is 47.5 Å². The molecule has 0 aliphatic rings. The highest BCUT2D eigenvalue weighted by Crippen LogP contribution is 2.08. The standard InChI is InChI=1S/C20H19FN4O3/c1-12-3-6-17-24-10-15(20(28)25(17)11-12)19(27)23-8-7-22-18(26)14-5-4-13(2)16(21)9-14/h3-6,9-11H,7-8H2,1-2H3,(H,22,26)(H,23,27). The van der Waals surface area contributed by atoms with Crippen LogP contribution in [-0.2, 0) is 0 Å². The van der Waals surface area contributed by atoms with E-state index in [1.165, 1.54) is 22.7 Å². The summed E-state index contributed by atoms with van der Waals surface area (Å²) < 4.78 is 14.8. The van der Waals surface area contributed by atoms with Crippen molar-refractivity contribution in [2.75, 3.05) is 13.1 Å². The summed E-state index contributed by atoms with van der Waals surface area (Å²) >= 11 is 0. The maximum absolute atomic E-state index is 13.5. The molecule has 0 fully saturated rings. The van der Waals surface area contributed by atoms with E-state index in [-0.39, 0.29) is 24.2 Å². The summed E-state index contributed by atoms with van der Waals surface area (Å²) in [7, 11) is 0. The molecular formula is C20H19FN4O3. The lowest BCUT2D eigenvalue weighted by Crippen LogP contribution is -2.37. The van der Waals surface area contributed by atoms with E-state index >= 15 is 0 Å². The molecule has 0 unspecified atom stereocenters. The van der Waals surface area contributed by atoms with Crippen molar-refractivity contribution in [3.63, 3.8) is 0 Å². The maximum atomic E-state index is 13.5. The Bertz CT molecular complexity index is 1120. The third-order valence-electron chi connectivity index (χ3n) is 4.22. The first-order valence-electron chi connectivity index (χ1n) is 8.67. The van der Waals surface area contributed by atoms with Gasteiger partial charge < -0.3 is 10.6 Å². The van der Waals surface area contributed by atoms with E-state index < -0.39 is 23.2 Å². The second-order valence-corrected chi connectivity index (χ2v) is 6.39. The first-order valence-corrected chi connectivity index (χ1v) is 8.67. The van der Waals surface area contributed by atoms with Crippen LogP contribution in [0.4, 0.5) is 4.39 Å². The van der Waals surface area contributed by atoms with Crippen LogP contribution in [-0.4, -0.2) is 34.3 Å². The zero-order chi connectivity index (χ0) is 20.3. The molecule has 0 aliphatic heterocycles. The van der Waals surface area contributed by atoms with Crippen molar-refractivity contribution in [2.45, 2.75) is 13.8 Å². The van der Waals surface area contributed by atoms with Crippen LogP contribution in [0.25, 0.3) is 5.65 Å². The van der Waals surface area contributed by atoms with Gasteiger partial charge in [-0.2, -0.15) is 0 Å². The molecule has 3 rings (SSSR count). The Hall–Kier alpha value is -3.55. The molecule has 144 valence electrons. The van der Waals surface area contributed by atoms with E-state index in [9.17, 15) is 18.8 Å². The van der Waals surface area contributed by atoms with E-state index in [4.69, 9.17) is 0 Å². The van der Waals surface area contributed by atoms with E-state index in [0.717, 1.165) is 11.6 Å². The third kappa shape index (κ3) is 4.06. The Morgan fingerprint density at radius 1 is 1.07 bits per heavy atom. The van der Waals surface area contributed by atoms with Gasteiger partial charge in [0.15, 0.2) is 0 Å². The highest BCUT2D eigenvalue weighted by atomic mass is 19.1. The summed E-state index contributed by atoms with van der Waals surface area (Å²) in [5, 5.41) is 5.15. The maximum Gasteiger partial charge on any atom is 0.270 e. The number of pyridine rings is 1. The molecule has 0 saturated heterocycles. The van der Waals surface area contributed by atoms with Crippen molar-refractivity contribution in [2.24, 2.45) is 0 Å². The number of fused-ring (bicyclic) bond motifs is 1. The minimum absolute atomic E-state index is 0.0879. The van der Waals surface area contributed by atoms with Gasteiger partial charge in [0.1, 0.15) is 17.0 Å². The number of aromatic nitrogens is 2. The Morgan fingerprint density at radius 2 is 1.79 bits per heavy atom. The second-order valence-electron chi connectivity index (χ2n) is 6.39. The average Bonchev–Trinajstić information content (AvgIpc) is 2.67.